The first-order chi connectivity index (χ1) is 6.54. The summed E-state index contributed by atoms with van der Waals surface area (Å²) in [5.74, 6) is -0.520. The zero-order chi connectivity index (χ0) is 10.7. The molecule has 1 aromatic heterocycles. The number of hydrogen-bond acceptors (Lipinski definition) is 3. The predicted molar refractivity (Wildman–Crippen MR) is 43.9 cm³/mol. The molecule has 0 aliphatic rings. The number of aromatic nitrogens is 2. The Morgan fingerprint density at radius 3 is 2.79 bits per heavy atom. The number of halogens is 2. The van der Waals surface area contributed by atoms with Crippen molar-refractivity contribution in [2.45, 2.75) is 19.9 Å². The molecule has 0 spiro atoms. The second kappa shape index (κ2) is 4.17. The first-order valence-electron chi connectivity index (χ1n) is 3.93. The fourth-order valence-electron chi connectivity index (χ4n) is 1.03. The lowest BCUT2D eigenvalue weighted by atomic mass is 10.3. The molecule has 0 saturated heterocycles. The van der Waals surface area contributed by atoms with Crippen molar-refractivity contribution in [1.29, 1.82) is 0 Å². The van der Waals surface area contributed by atoms with E-state index < -0.39 is 12.4 Å². The van der Waals surface area contributed by atoms with Crippen LogP contribution in [0, 0.1) is 6.92 Å². The number of carbonyl (C=O) groups is 1. The zero-order valence-corrected chi connectivity index (χ0v) is 7.83. The Labute approximate surface area is 79.5 Å². The molecule has 0 fully saturated rings. The topological polar surface area (TPSA) is 44.1 Å². The highest BCUT2D eigenvalue weighted by molar-refractivity contribution is 5.68. The first kappa shape index (κ1) is 10.6. The van der Waals surface area contributed by atoms with Gasteiger partial charge < -0.3 is 4.74 Å². The van der Waals surface area contributed by atoms with Crippen LogP contribution >= 0.6 is 0 Å². The molecule has 0 unspecified atom stereocenters. The summed E-state index contributed by atoms with van der Waals surface area (Å²) in [5, 5.41) is 3.56. The van der Waals surface area contributed by atoms with E-state index in [9.17, 15) is 13.6 Å². The Bertz CT molecular complexity index is 336. The molecule has 1 heterocycles. The summed E-state index contributed by atoms with van der Waals surface area (Å²) >= 11 is 0. The lowest BCUT2D eigenvalue weighted by molar-refractivity contribution is -0.141. The van der Waals surface area contributed by atoms with Gasteiger partial charge in [0.05, 0.1) is 7.11 Å². The molecule has 0 aromatic carbocycles. The molecule has 78 valence electrons. The fraction of sp³-hybridized carbons (Fsp3) is 0.500. The van der Waals surface area contributed by atoms with Crippen LogP contribution in [0.5, 0.6) is 0 Å². The fourth-order valence-corrected chi connectivity index (χ4v) is 1.03. The Morgan fingerprint density at radius 2 is 2.36 bits per heavy atom. The van der Waals surface area contributed by atoms with E-state index in [2.05, 4.69) is 9.84 Å². The maximum atomic E-state index is 12.3. The summed E-state index contributed by atoms with van der Waals surface area (Å²) in [6.07, 6.45) is -1.23. The summed E-state index contributed by atoms with van der Waals surface area (Å²) in [5.41, 5.74) is 0.0674. The summed E-state index contributed by atoms with van der Waals surface area (Å²) in [6, 6.07) is 0. The van der Waals surface area contributed by atoms with Crippen molar-refractivity contribution in [2.75, 3.05) is 7.11 Å². The second-order valence-electron chi connectivity index (χ2n) is 2.77. The molecule has 0 amide bonds. The standard InChI is InChI=1S/C8H10F2N2O2/c1-5-3-12(4-6(13)14-2)11-7(5)8(9)10/h3,8H,4H2,1-2H3. The third-order valence-electron chi connectivity index (χ3n) is 1.71. The third kappa shape index (κ3) is 2.27. The summed E-state index contributed by atoms with van der Waals surface area (Å²) in [7, 11) is 1.23. The number of esters is 1. The maximum absolute atomic E-state index is 12.3. The molecule has 4 nitrogen and oxygen atoms in total. The highest BCUT2D eigenvalue weighted by Gasteiger charge is 2.16. The van der Waals surface area contributed by atoms with E-state index in [1.54, 1.807) is 0 Å². The summed E-state index contributed by atoms with van der Waals surface area (Å²) in [6.45, 7) is 1.37. The van der Waals surface area contributed by atoms with Crippen LogP contribution in [0.4, 0.5) is 8.78 Å². The van der Waals surface area contributed by atoms with E-state index in [0.29, 0.717) is 5.56 Å². The average molecular weight is 204 g/mol. The Morgan fingerprint density at radius 1 is 1.71 bits per heavy atom. The number of hydrogen-bond donors (Lipinski definition) is 0. The van der Waals surface area contributed by atoms with Crippen molar-refractivity contribution in [1.82, 2.24) is 9.78 Å². The maximum Gasteiger partial charge on any atom is 0.327 e. The Kier molecular flexibility index (Phi) is 3.16. The van der Waals surface area contributed by atoms with Crippen LogP contribution in [0.15, 0.2) is 6.20 Å². The van der Waals surface area contributed by atoms with Gasteiger partial charge in [0.25, 0.3) is 6.43 Å². The Balaban J connectivity index is 2.81. The molecule has 1 rings (SSSR count). The van der Waals surface area contributed by atoms with Crippen LogP contribution in [-0.4, -0.2) is 22.9 Å². The normalized spacial score (nSPS) is 10.6. The van der Waals surface area contributed by atoms with Gasteiger partial charge in [0.1, 0.15) is 12.2 Å². The number of aryl methyl sites for hydroxylation is 1. The van der Waals surface area contributed by atoms with Crippen LogP contribution in [0.3, 0.4) is 0 Å². The van der Waals surface area contributed by atoms with Gasteiger partial charge in [-0.25, -0.2) is 8.78 Å². The lowest BCUT2D eigenvalue weighted by Gasteiger charge is -1.98. The van der Waals surface area contributed by atoms with Crippen molar-refractivity contribution in [3.63, 3.8) is 0 Å². The molecule has 0 aliphatic heterocycles. The largest absolute Gasteiger partial charge is 0.468 e. The van der Waals surface area contributed by atoms with Gasteiger partial charge in [-0.1, -0.05) is 0 Å². The van der Waals surface area contributed by atoms with Gasteiger partial charge in [-0.05, 0) is 12.5 Å². The van der Waals surface area contributed by atoms with Gasteiger partial charge in [-0.2, -0.15) is 5.10 Å². The average Bonchev–Trinajstić information content (AvgIpc) is 2.46. The molecular weight excluding hydrogens is 194 g/mol. The molecule has 0 aliphatic carbocycles. The van der Waals surface area contributed by atoms with Crippen LogP contribution < -0.4 is 0 Å². The molecule has 14 heavy (non-hydrogen) atoms. The molecule has 0 atom stereocenters. The minimum Gasteiger partial charge on any atom is -0.468 e. The minimum absolute atomic E-state index is 0.149. The predicted octanol–water partition coefficient (Wildman–Crippen LogP) is 1.30. The van der Waals surface area contributed by atoms with Crippen LogP contribution in [0.1, 0.15) is 17.7 Å². The van der Waals surface area contributed by atoms with Gasteiger partial charge >= 0.3 is 5.97 Å². The van der Waals surface area contributed by atoms with E-state index in [0.717, 1.165) is 4.68 Å². The smallest absolute Gasteiger partial charge is 0.327 e. The van der Waals surface area contributed by atoms with Crippen molar-refractivity contribution < 1.29 is 18.3 Å². The number of ether oxygens (including phenoxy) is 1. The van der Waals surface area contributed by atoms with Gasteiger partial charge in [0, 0.05) is 6.20 Å². The van der Waals surface area contributed by atoms with Crippen molar-refractivity contribution >= 4 is 5.97 Å². The quantitative estimate of drug-likeness (QED) is 0.697. The number of carbonyl (C=O) groups excluding carboxylic acids is 1. The SMILES string of the molecule is COC(=O)Cn1cc(C)c(C(F)F)n1. The van der Waals surface area contributed by atoms with Crippen molar-refractivity contribution in [3.8, 4) is 0 Å². The van der Waals surface area contributed by atoms with E-state index in [1.807, 2.05) is 0 Å². The Hall–Kier alpha value is -1.46. The van der Waals surface area contributed by atoms with Crippen LogP contribution in [0.2, 0.25) is 0 Å². The molecule has 0 bridgehead atoms. The number of nitrogens with zero attached hydrogens (tertiary/aromatic N) is 2. The van der Waals surface area contributed by atoms with E-state index in [-0.39, 0.29) is 12.2 Å². The van der Waals surface area contributed by atoms with Crippen molar-refractivity contribution in [2.24, 2.45) is 0 Å². The molecule has 0 saturated carbocycles. The first-order valence-corrected chi connectivity index (χ1v) is 3.93. The molecule has 6 heteroatoms. The van der Waals surface area contributed by atoms with Gasteiger partial charge in [-0.3, -0.25) is 9.48 Å². The molecule has 0 N–H and O–H groups in total. The van der Waals surface area contributed by atoms with E-state index >= 15 is 0 Å². The molecular formula is C8H10F2N2O2. The zero-order valence-electron chi connectivity index (χ0n) is 7.83. The van der Waals surface area contributed by atoms with Crippen LogP contribution in [-0.2, 0) is 16.1 Å². The van der Waals surface area contributed by atoms with Crippen molar-refractivity contribution in [3.05, 3.63) is 17.5 Å². The summed E-state index contributed by atoms with van der Waals surface area (Å²) < 4.78 is 30.1. The highest BCUT2D eigenvalue weighted by atomic mass is 19.3. The van der Waals surface area contributed by atoms with E-state index in [1.165, 1.54) is 20.2 Å². The van der Waals surface area contributed by atoms with Gasteiger partial charge in [0.2, 0.25) is 0 Å². The monoisotopic (exact) mass is 204 g/mol. The minimum atomic E-state index is -2.62. The van der Waals surface area contributed by atoms with Crippen LogP contribution in [0.25, 0.3) is 0 Å². The highest BCUT2D eigenvalue weighted by Crippen LogP contribution is 2.19. The van der Waals surface area contributed by atoms with Gasteiger partial charge in [0.15, 0.2) is 0 Å². The van der Waals surface area contributed by atoms with E-state index in [4.69, 9.17) is 0 Å². The number of methoxy groups -OCH3 is 1. The molecule has 1 aromatic rings. The third-order valence-corrected chi connectivity index (χ3v) is 1.71. The summed E-state index contributed by atoms with van der Waals surface area (Å²) in [4.78, 5) is 10.8. The van der Waals surface area contributed by atoms with Gasteiger partial charge in [-0.15, -0.1) is 0 Å². The molecule has 0 radical (unpaired) electrons. The second-order valence-corrected chi connectivity index (χ2v) is 2.77. The number of alkyl halides is 2. The lowest BCUT2D eigenvalue weighted by Crippen LogP contribution is -2.12. The number of rotatable bonds is 3.